The zero-order valence-electron chi connectivity index (χ0n) is 17.0. The fourth-order valence-electron chi connectivity index (χ4n) is 3.08. The Morgan fingerprint density at radius 1 is 1.10 bits per heavy atom. The smallest absolute Gasteiger partial charge is 0.230 e. The van der Waals surface area contributed by atoms with Crippen LogP contribution in [0, 0.1) is 13.8 Å². The van der Waals surface area contributed by atoms with Crippen molar-refractivity contribution in [1.82, 2.24) is 10.5 Å². The van der Waals surface area contributed by atoms with Gasteiger partial charge >= 0.3 is 0 Å². The molecule has 0 saturated heterocycles. The Labute approximate surface area is 175 Å². The molecule has 1 atom stereocenters. The van der Waals surface area contributed by atoms with Gasteiger partial charge in [-0.25, -0.2) is 0 Å². The minimum atomic E-state index is -0.209. The second kappa shape index (κ2) is 10.2. The van der Waals surface area contributed by atoms with Gasteiger partial charge in [0.25, 0.3) is 0 Å². The van der Waals surface area contributed by atoms with E-state index in [0.717, 1.165) is 33.9 Å². The van der Waals surface area contributed by atoms with Crippen molar-refractivity contribution in [3.63, 3.8) is 0 Å². The van der Waals surface area contributed by atoms with Crippen LogP contribution < -0.4 is 10.1 Å². The van der Waals surface area contributed by atoms with Gasteiger partial charge in [-0.3, -0.25) is 4.79 Å². The van der Waals surface area contributed by atoms with Gasteiger partial charge in [-0.2, -0.15) is 0 Å². The van der Waals surface area contributed by atoms with E-state index in [4.69, 9.17) is 9.26 Å². The predicted octanol–water partition coefficient (Wildman–Crippen LogP) is 4.83. The van der Waals surface area contributed by atoms with Crippen molar-refractivity contribution in [2.24, 2.45) is 0 Å². The van der Waals surface area contributed by atoms with Gasteiger partial charge in [-0.1, -0.05) is 47.6 Å². The summed E-state index contributed by atoms with van der Waals surface area (Å²) in [4.78, 5) is 12.7. The number of benzene rings is 2. The lowest BCUT2D eigenvalue weighted by Crippen LogP contribution is -2.30. The summed E-state index contributed by atoms with van der Waals surface area (Å²) in [6.07, 6.45) is 0. The standard InChI is InChI=1S/C23H26N2O3S/c1-4-27-20-12-10-19(11-13-20)23(18-8-6-5-7-9-18)24-22(26)15-29-14-21-16(2)25-28-17(21)3/h5-13,23H,4,14-15H2,1-3H3,(H,24,26). The van der Waals surface area contributed by atoms with Crippen LogP contribution in [0.2, 0.25) is 0 Å². The third kappa shape index (κ3) is 5.64. The third-order valence-corrected chi connectivity index (χ3v) is 5.58. The van der Waals surface area contributed by atoms with E-state index < -0.39 is 0 Å². The van der Waals surface area contributed by atoms with Crippen LogP contribution in [0.5, 0.6) is 5.75 Å². The highest BCUT2D eigenvalue weighted by Crippen LogP contribution is 2.25. The summed E-state index contributed by atoms with van der Waals surface area (Å²) >= 11 is 1.56. The number of rotatable bonds is 9. The normalized spacial score (nSPS) is 11.8. The average molecular weight is 411 g/mol. The lowest BCUT2D eigenvalue weighted by atomic mass is 9.98. The summed E-state index contributed by atoms with van der Waals surface area (Å²) in [6, 6.07) is 17.7. The molecule has 2 aromatic carbocycles. The average Bonchev–Trinajstić information content (AvgIpc) is 3.06. The number of carbonyl (C=O) groups excluding carboxylic acids is 1. The van der Waals surface area contributed by atoms with E-state index in [1.807, 2.05) is 75.4 Å². The molecule has 0 saturated carbocycles. The number of nitrogens with zero attached hydrogens (tertiary/aromatic N) is 1. The Morgan fingerprint density at radius 3 is 2.41 bits per heavy atom. The molecule has 1 heterocycles. The fourth-order valence-corrected chi connectivity index (χ4v) is 4.07. The minimum absolute atomic E-state index is 0.00972. The van der Waals surface area contributed by atoms with E-state index in [1.54, 1.807) is 11.8 Å². The largest absolute Gasteiger partial charge is 0.494 e. The number of aryl methyl sites for hydroxylation is 2. The molecule has 3 aromatic rings. The first-order valence-electron chi connectivity index (χ1n) is 9.65. The van der Waals surface area contributed by atoms with Crippen molar-refractivity contribution in [2.75, 3.05) is 12.4 Å². The maximum atomic E-state index is 12.7. The van der Waals surface area contributed by atoms with Crippen molar-refractivity contribution >= 4 is 17.7 Å². The quantitative estimate of drug-likeness (QED) is 0.547. The van der Waals surface area contributed by atoms with Gasteiger partial charge in [0.15, 0.2) is 0 Å². The van der Waals surface area contributed by atoms with Crippen molar-refractivity contribution in [1.29, 1.82) is 0 Å². The van der Waals surface area contributed by atoms with Gasteiger partial charge in [-0.05, 0) is 44.0 Å². The summed E-state index contributed by atoms with van der Waals surface area (Å²) in [5.74, 6) is 2.69. The van der Waals surface area contributed by atoms with Gasteiger partial charge in [0, 0.05) is 11.3 Å². The molecule has 1 amide bonds. The van der Waals surface area contributed by atoms with Crippen LogP contribution in [-0.4, -0.2) is 23.4 Å². The highest BCUT2D eigenvalue weighted by molar-refractivity contribution is 7.99. The van der Waals surface area contributed by atoms with Gasteiger partial charge in [0.05, 0.1) is 24.1 Å². The van der Waals surface area contributed by atoms with Crippen LogP contribution in [0.15, 0.2) is 59.1 Å². The number of thioether (sulfide) groups is 1. The second-order valence-electron chi connectivity index (χ2n) is 6.71. The van der Waals surface area contributed by atoms with Gasteiger partial charge in [0.1, 0.15) is 11.5 Å². The molecular formula is C23H26N2O3S. The van der Waals surface area contributed by atoms with E-state index in [2.05, 4.69) is 10.5 Å². The summed E-state index contributed by atoms with van der Waals surface area (Å²) < 4.78 is 10.7. The monoisotopic (exact) mass is 410 g/mol. The molecule has 29 heavy (non-hydrogen) atoms. The first-order valence-corrected chi connectivity index (χ1v) is 10.8. The van der Waals surface area contributed by atoms with Crippen molar-refractivity contribution in [3.05, 3.63) is 82.7 Å². The number of nitrogens with one attached hydrogen (secondary N) is 1. The lowest BCUT2D eigenvalue weighted by Gasteiger charge is -2.20. The summed E-state index contributed by atoms with van der Waals surface area (Å²) in [6.45, 7) is 6.40. The van der Waals surface area contributed by atoms with Crippen molar-refractivity contribution in [2.45, 2.75) is 32.6 Å². The third-order valence-electron chi connectivity index (χ3n) is 4.62. The van der Waals surface area contributed by atoms with Crippen molar-refractivity contribution in [3.8, 4) is 5.75 Å². The van der Waals surface area contributed by atoms with Crippen molar-refractivity contribution < 1.29 is 14.1 Å². The van der Waals surface area contributed by atoms with Crippen LogP contribution >= 0.6 is 11.8 Å². The van der Waals surface area contributed by atoms with E-state index in [0.29, 0.717) is 18.1 Å². The molecular weight excluding hydrogens is 384 g/mol. The number of hydrogen-bond acceptors (Lipinski definition) is 5. The maximum Gasteiger partial charge on any atom is 0.230 e. The van der Waals surface area contributed by atoms with E-state index in [9.17, 15) is 4.79 Å². The highest BCUT2D eigenvalue weighted by Gasteiger charge is 2.17. The van der Waals surface area contributed by atoms with Gasteiger partial charge in [-0.15, -0.1) is 11.8 Å². The Morgan fingerprint density at radius 2 is 1.79 bits per heavy atom. The number of hydrogen-bond donors (Lipinski definition) is 1. The molecule has 3 rings (SSSR count). The minimum Gasteiger partial charge on any atom is -0.494 e. The van der Waals surface area contributed by atoms with Gasteiger partial charge < -0.3 is 14.6 Å². The highest BCUT2D eigenvalue weighted by atomic mass is 32.2. The van der Waals surface area contributed by atoms with E-state index >= 15 is 0 Å². The molecule has 5 nitrogen and oxygen atoms in total. The number of aromatic nitrogens is 1. The molecule has 0 fully saturated rings. The molecule has 1 N–H and O–H groups in total. The van der Waals surface area contributed by atoms with Crippen LogP contribution in [0.1, 0.15) is 41.1 Å². The molecule has 0 spiro atoms. The zero-order chi connectivity index (χ0) is 20.6. The molecule has 0 aliphatic carbocycles. The summed E-state index contributed by atoms with van der Waals surface area (Å²) in [7, 11) is 0. The second-order valence-corrected chi connectivity index (χ2v) is 7.69. The Kier molecular flexibility index (Phi) is 7.36. The SMILES string of the molecule is CCOc1ccc(C(NC(=O)CSCc2c(C)noc2C)c2ccccc2)cc1. The summed E-state index contributed by atoms with van der Waals surface area (Å²) in [5.41, 5.74) is 4.00. The fraction of sp³-hybridized carbons (Fsp3) is 0.304. The zero-order valence-corrected chi connectivity index (χ0v) is 17.8. The van der Waals surface area contributed by atoms with Crippen LogP contribution in [0.3, 0.4) is 0 Å². The topological polar surface area (TPSA) is 64.4 Å². The number of amides is 1. The first kappa shape index (κ1) is 21.0. The Balaban J connectivity index is 1.67. The lowest BCUT2D eigenvalue weighted by molar-refractivity contribution is -0.119. The molecule has 0 aliphatic heterocycles. The van der Waals surface area contributed by atoms with Crippen LogP contribution in [0.4, 0.5) is 0 Å². The number of carbonyl (C=O) groups is 1. The molecule has 1 unspecified atom stereocenters. The Hall–Kier alpha value is -2.73. The van der Waals surface area contributed by atoms with Gasteiger partial charge in [0.2, 0.25) is 5.91 Å². The molecule has 0 radical (unpaired) electrons. The first-order chi connectivity index (χ1) is 14.1. The molecule has 0 aliphatic rings. The summed E-state index contributed by atoms with van der Waals surface area (Å²) in [5, 5.41) is 7.13. The number of ether oxygens (including phenoxy) is 1. The molecule has 6 heteroatoms. The van der Waals surface area contributed by atoms with Crippen LogP contribution in [-0.2, 0) is 10.5 Å². The maximum absolute atomic E-state index is 12.7. The van der Waals surface area contributed by atoms with Crippen LogP contribution in [0.25, 0.3) is 0 Å². The molecule has 152 valence electrons. The van der Waals surface area contributed by atoms with E-state index in [-0.39, 0.29) is 11.9 Å². The van der Waals surface area contributed by atoms with E-state index in [1.165, 1.54) is 0 Å². The molecule has 0 bridgehead atoms. The Bertz CT molecular complexity index is 904. The predicted molar refractivity (Wildman–Crippen MR) is 116 cm³/mol. The molecule has 1 aromatic heterocycles.